The average molecular weight is 323 g/mol. The fourth-order valence-electron chi connectivity index (χ4n) is 3.37. The van der Waals surface area contributed by atoms with Crippen LogP contribution in [-0.2, 0) is 10.2 Å². The lowest BCUT2D eigenvalue weighted by atomic mass is 10.0. The van der Waals surface area contributed by atoms with E-state index in [1.807, 2.05) is 0 Å². The number of hydrogen-bond acceptors (Lipinski definition) is 2. The van der Waals surface area contributed by atoms with Gasteiger partial charge in [-0.25, -0.2) is 0 Å². The third-order valence-electron chi connectivity index (χ3n) is 4.62. The van der Waals surface area contributed by atoms with Crippen molar-refractivity contribution in [2.24, 2.45) is 5.92 Å². The first-order valence-corrected chi connectivity index (χ1v) is 9.85. The van der Waals surface area contributed by atoms with Crippen LogP contribution in [0.4, 0.5) is 0 Å². The first kappa shape index (κ1) is 16.5. The highest BCUT2D eigenvalue weighted by atomic mass is 35.5. The normalized spacial score (nSPS) is 31.1. The molecule has 2 aliphatic heterocycles. The standard InChI is InChI=1S/C14H27ClN2O2S/c1-2-14-8-4-3-5-10-17(14)20(18,19)16-9-6-7-13(11-15)12-16/h13-14H,2-12H2,1H3. The maximum Gasteiger partial charge on any atom is 0.282 e. The Kier molecular flexibility index (Phi) is 6.14. The van der Waals surface area contributed by atoms with Gasteiger partial charge in [-0.05, 0) is 38.0 Å². The van der Waals surface area contributed by atoms with Crippen LogP contribution in [0.3, 0.4) is 0 Å². The van der Waals surface area contributed by atoms with Crippen molar-refractivity contribution >= 4 is 21.8 Å². The first-order valence-electron chi connectivity index (χ1n) is 7.92. The van der Waals surface area contributed by atoms with Crippen molar-refractivity contribution in [3.63, 3.8) is 0 Å². The van der Waals surface area contributed by atoms with Crippen LogP contribution in [-0.4, -0.2) is 48.6 Å². The molecule has 4 nitrogen and oxygen atoms in total. The van der Waals surface area contributed by atoms with Gasteiger partial charge >= 0.3 is 0 Å². The number of rotatable bonds is 4. The third-order valence-corrected chi connectivity index (χ3v) is 7.11. The molecule has 0 radical (unpaired) electrons. The summed E-state index contributed by atoms with van der Waals surface area (Å²) in [6.07, 6.45) is 7.17. The molecule has 2 unspecified atom stereocenters. The van der Waals surface area contributed by atoms with Crippen LogP contribution in [0.1, 0.15) is 51.9 Å². The predicted octanol–water partition coefficient (Wildman–Crippen LogP) is 2.84. The maximum atomic E-state index is 12.9. The smallest absolute Gasteiger partial charge is 0.195 e. The molecule has 2 saturated heterocycles. The lowest BCUT2D eigenvalue weighted by molar-refractivity contribution is 0.238. The van der Waals surface area contributed by atoms with E-state index in [4.69, 9.17) is 11.6 Å². The summed E-state index contributed by atoms with van der Waals surface area (Å²) in [7, 11) is -3.30. The van der Waals surface area contributed by atoms with E-state index < -0.39 is 10.2 Å². The number of piperidine rings is 1. The highest BCUT2D eigenvalue weighted by molar-refractivity contribution is 7.86. The van der Waals surface area contributed by atoms with Crippen LogP contribution in [0.2, 0.25) is 0 Å². The van der Waals surface area contributed by atoms with Crippen LogP contribution in [0, 0.1) is 5.92 Å². The second-order valence-corrected chi connectivity index (χ2v) is 8.24. The van der Waals surface area contributed by atoms with Gasteiger partial charge < -0.3 is 0 Å². The van der Waals surface area contributed by atoms with Crippen molar-refractivity contribution in [2.45, 2.75) is 57.9 Å². The Morgan fingerprint density at radius 1 is 1.10 bits per heavy atom. The Labute approximate surface area is 128 Å². The zero-order valence-electron chi connectivity index (χ0n) is 12.4. The first-order chi connectivity index (χ1) is 9.59. The topological polar surface area (TPSA) is 40.6 Å². The monoisotopic (exact) mass is 322 g/mol. The molecule has 118 valence electrons. The van der Waals surface area contributed by atoms with Gasteiger partial charge in [0.15, 0.2) is 0 Å². The van der Waals surface area contributed by atoms with Gasteiger partial charge in [-0.15, -0.1) is 11.6 Å². The molecule has 0 amide bonds. The zero-order chi connectivity index (χ0) is 14.6. The van der Waals surface area contributed by atoms with Crippen molar-refractivity contribution < 1.29 is 8.42 Å². The van der Waals surface area contributed by atoms with Crippen molar-refractivity contribution in [2.75, 3.05) is 25.5 Å². The maximum absolute atomic E-state index is 12.9. The van der Waals surface area contributed by atoms with Crippen molar-refractivity contribution in [1.29, 1.82) is 0 Å². The number of alkyl halides is 1. The van der Waals surface area contributed by atoms with E-state index in [1.165, 1.54) is 0 Å². The summed E-state index contributed by atoms with van der Waals surface area (Å²) in [6.45, 7) is 4.03. The fraction of sp³-hybridized carbons (Fsp3) is 1.00. The largest absolute Gasteiger partial charge is 0.282 e. The van der Waals surface area contributed by atoms with Crippen molar-refractivity contribution in [3.8, 4) is 0 Å². The molecule has 0 spiro atoms. The Morgan fingerprint density at radius 3 is 2.60 bits per heavy atom. The molecule has 2 fully saturated rings. The average Bonchev–Trinajstić information content (AvgIpc) is 2.72. The third kappa shape index (κ3) is 3.67. The molecule has 2 rings (SSSR count). The molecular formula is C14H27ClN2O2S. The van der Waals surface area contributed by atoms with Gasteiger partial charge in [-0.1, -0.05) is 19.8 Å². The second-order valence-electron chi connectivity index (χ2n) is 6.05. The van der Waals surface area contributed by atoms with Crippen LogP contribution in [0.25, 0.3) is 0 Å². The molecule has 0 bridgehead atoms. The van der Waals surface area contributed by atoms with Gasteiger partial charge in [0.1, 0.15) is 0 Å². The minimum atomic E-state index is -3.30. The number of nitrogens with zero attached hydrogens (tertiary/aromatic N) is 2. The molecular weight excluding hydrogens is 296 g/mol. The molecule has 0 aromatic rings. The van der Waals surface area contributed by atoms with Crippen molar-refractivity contribution in [3.05, 3.63) is 0 Å². The second kappa shape index (κ2) is 7.43. The quantitative estimate of drug-likeness (QED) is 0.747. The molecule has 0 saturated carbocycles. The van der Waals surface area contributed by atoms with Crippen molar-refractivity contribution in [1.82, 2.24) is 8.61 Å². The van der Waals surface area contributed by atoms with E-state index >= 15 is 0 Å². The van der Waals surface area contributed by atoms with E-state index in [9.17, 15) is 8.42 Å². The fourth-order valence-corrected chi connectivity index (χ4v) is 5.67. The molecule has 20 heavy (non-hydrogen) atoms. The van der Waals surface area contributed by atoms with Gasteiger partial charge in [0, 0.05) is 31.6 Å². The number of hydrogen-bond donors (Lipinski definition) is 0. The minimum absolute atomic E-state index is 0.180. The minimum Gasteiger partial charge on any atom is -0.195 e. The molecule has 2 aliphatic rings. The molecule has 6 heteroatoms. The summed E-state index contributed by atoms with van der Waals surface area (Å²) >= 11 is 5.93. The molecule has 0 aromatic heterocycles. The van der Waals surface area contributed by atoms with Gasteiger partial charge in [0.25, 0.3) is 10.2 Å². The molecule has 0 aromatic carbocycles. The van der Waals surface area contributed by atoms with E-state index in [-0.39, 0.29) is 6.04 Å². The van der Waals surface area contributed by atoms with Gasteiger partial charge in [0.05, 0.1) is 0 Å². The Balaban J connectivity index is 2.14. The molecule has 0 N–H and O–H groups in total. The van der Waals surface area contributed by atoms with Gasteiger partial charge in [-0.2, -0.15) is 17.0 Å². The van der Waals surface area contributed by atoms with E-state index in [2.05, 4.69) is 6.92 Å². The molecule has 0 aliphatic carbocycles. The van der Waals surface area contributed by atoms with Crippen LogP contribution in [0.15, 0.2) is 0 Å². The summed E-state index contributed by atoms with van der Waals surface area (Å²) in [4.78, 5) is 0. The van der Waals surface area contributed by atoms with Gasteiger partial charge in [0.2, 0.25) is 0 Å². The summed E-state index contributed by atoms with van der Waals surface area (Å²) in [5, 5.41) is 0. The van der Waals surface area contributed by atoms with Crippen LogP contribution >= 0.6 is 11.6 Å². The predicted molar refractivity (Wildman–Crippen MR) is 83.2 cm³/mol. The summed E-state index contributed by atoms with van der Waals surface area (Å²) in [5.74, 6) is 0.871. The Morgan fingerprint density at radius 2 is 1.90 bits per heavy atom. The number of halogens is 1. The van der Waals surface area contributed by atoms with Gasteiger partial charge in [-0.3, -0.25) is 0 Å². The van der Waals surface area contributed by atoms with Crippen LogP contribution < -0.4 is 0 Å². The lowest BCUT2D eigenvalue weighted by Gasteiger charge is -2.37. The van der Waals surface area contributed by atoms with E-state index in [0.717, 1.165) is 44.9 Å². The SMILES string of the molecule is CCC1CCCCCN1S(=O)(=O)N1CCCC(CCl)C1. The molecule has 2 heterocycles. The molecule has 2 atom stereocenters. The summed E-state index contributed by atoms with van der Waals surface area (Å²) < 4.78 is 29.3. The van der Waals surface area contributed by atoms with E-state index in [0.29, 0.717) is 31.4 Å². The zero-order valence-corrected chi connectivity index (χ0v) is 14.0. The lowest BCUT2D eigenvalue weighted by Crippen LogP contribution is -2.51. The summed E-state index contributed by atoms with van der Waals surface area (Å²) in [5.41, 5.74) is 0. The highest BCUT2D eigenvalue weighted by Crippen LogP contribution is 2.27. The Hall–Kier alpha value is 0.160. The van der Waals surface area contributed by atoms with E-state index in [1.54, 1.807) is 8.61 Å². The Bertz CT molecular complexity index is 402. The van der Waals surface area contributed by atoms with Crippen LogP contribution in [0.5, 0.6) is 0 Å². The summed E-state index contributed by atoms with van der Waals surface area (Å²) in [6, 6.07) is 0.180. The highest BCUT2D eigenvalue weighted by Gasteiger charge is 2.36.